The number of rotatable bonds is 5. The van der Waals surface area contributed by atoms with E-state index in [-0.39, 0.29) is 18.5 Å². The number of nitrogens with zero attached hydrogens (tertiary/aromatic N) is 1. The first-order valence-electron chi connectivity index (χ1n) is 9.33. The van der Waals surface area contributed by atoms with Gasteiger partial charge in [-0.05, 0) is 72.4 Å². The van der Waals surface area contributed by atoms with E-state index in [1.165, 1.54) is 5.56 Å². The topological polar surface area (TPSA) is 32.3 Å². The Labute approximate surface area is 173 Å². The molecule has 1 aromatic heterocycles. The van der Waals surface area contributed by atoms with Crippen LogP contribution in [0.2, 0.25) is 0 Å². The number of hydrogen-bond acceptors (Lipinski definition) is 3. The van der Waals surface area contributed by atoms with E-state index in [1.807, 2.05) is 5.38 Å². The van der Waals surface area contributed by atoms with Crippen molar-refractivity contribution in [2.75, 3.05) is 19.6 Å². The van der Waals surface area contributed by atoms with E-state index in [1.54, 1.807) is 11.3 Å². The highest BCUT2D eigenvalue weighted by Crippen LogP contribution is 2.36. The van der Waals surface area contributed by atoms with Crippen LogP contribution in [-0.4, -0.2) is 30.4 Å². The Morgan fingerprint density at radius 2 is 1.63 bits per heavy atom. The summed E-state index contributed by atoms with van der Waals surface area (Å²) in [6.45, 7) is 2.69. The zero-order valence-corrected chi connectivity index (χ0v) is 16.6. The summed E-state index contributed by atoms with van der Waals surface area (Å²) < 4.78 is 77.7. The Hall–Kier alpha value is -2.07. The third kappa shape index (κ3) is 5.98. The molecule has 30 heavy (non-hydrogen) atoms. The minimum absolute atomic E-state index is 0.0139. The maximum atomic E-state index is 12.9. The second-order valence-electron chi connectivity index (χ2n) is 7.36. The fraction of sp³-hybridized carbons (Fsp3) is 0.450. The number of likely N-dealkylation sites (tertiary alicyclic amines) is 1. The van der Waals surface area contributed by atoms with Crippen LogP contribution in [0.1, 0.15) is 39.9 Å². The predicted octanol–water partition coefficient (Wildman–Crippen LogP) is 5.43. The first-order valence-corrected chi connectivity index (χ1v) is 10.3. The lowest BCUT2D eigenvalue weighted by molar-refractivity contribution is -0.143. The molecule has 1 aliphatic heterocycles. The summed E-state index contributed by atoms with van der Waals surface area (Å²) in [6, 6.07) is 2.98. The van der Waals surface area contributed by atoms with Crippen LogP contribution in [0.3, 0.4) is 0 Å². The lowest BCUT2D eigenvalue weighted by Crippen LogP contribution is -2.38. The highest BCUT2D eigenvalue weighted by Gasteiger charge is 2.37. The number of piperidine rings is 1. The number of nitrogens with one attached hydrogen (secondary N) is 1. The highest BCUT2D eigenvalue weighted by molar-refractivity contribution is 7.07. The maximum absolute atomic E-state index is 12.9. The van der Waals surface area contributed by atoms with E-state index in [0.717, 1.165) is 32.5 Å². The lowest BCUT2D eigenvalue weighted by Gasteiger charge is -2.31. The van der Waals surface area contributed by atoms with E-state index >= 15 is 0 Å². The average molecular weight is 450 g/mol. The number of benzene rings is 1. The third-order valence-corrected chi connectivity index (χ3v) is 5.83. The first-order chi connectivity index (χ1) is 14.0. The van der Waals surface area contributed by atoms with Gasteiger partial charge in [0.25, 0.3) is 5.91 Å². The highest BCUT2D eigenvalue weighted by atomic mass is 32.1. The fourth-order valence-corrected chi connectivity index (χ4v) is 4.07. The van der Waals surface area contributed by atoms with Crippen LogP contribution in [0.4, 0.5) is 26.3 Å². The fourth-order valence-electron chi connectivity index (χ4n) is 3.41. The minimum Gasteiger partial charge on any atom is -0.352 e. The zero-order valence-electron chi connectivity index (χ0n) is 15.8. The second-order valence-corrected chi connectivity index (χ2v) is 8.14. The predicted molar refractivity (Wildman–Crippen MR) is 101 cm³/mol. The molecular formula is C20H20F6N2OS. The summed E-state index contributed by atoms with van der Waals surface area (Å²) in [7, 11) is 0. The van der Waals surface area contributed by atoms with Crippen LogP contribution in [0.25, 0.3) is 0 Å². The largest absolute Gasteiger partial charge is 0.416 e. The SMILES string of the molecule is O=C(NCC1CCN(Cc2ccsc2)CC1)c1cc(C(F)(F)F)cc(C(F)(F)F)c1. The molecule has 1 fully saturated rings. The molecule has 2 heterocycles. The molecule has 1 N–H and O–H groups in total. The van der Waals surface area contributed by atoms with Crippen molar-refractivity contribution in [3.63, 3.8) is 0 Å². The molecule has 10 heteroatoms. The van der Waals surface area contributed by atoms with Gasteiger partial charge in [-0.25, -0.2) is 0 Å². The standard InChI is InChI=1S/C20H20F6N2OS/c21-19(22,23)16-7-15(8-17(9-16)20(24,25)26)18(29)27-10-13-1-4-28(5-2-13)11-14-3-6-30-12-14/h3,6-9,12-13H,1-2,4-5,10-11H2,(H,27,29). The Morgan fingerprint density at radius 1 is 1.03 bits per heavy atom. The van der Waals surface area contributed by atoms with Crippen molar-refractivity contribution in [1.29, 1.82) is 0 Å². The molecule has 0 bridgehead atoms. The van der Waals surface area contributed by atoms with Gasteiger partial charge in [0.2, 0.25) is 0 Å². The van der Waals surface area contributed by atoms with Crippen LogP contribution in [0.5, 0.6) is 0 Å². The van der Waals surface area contributed by atoms with E-state index in [0.29, 0.717) is 12.1 Å². The van der Waals surface area contributed by atoms with E-state index in [2.05, 4.69) is 21.7 Å². The number of halogens is 6. The number of alkyl halides is 6. The van der Waals surface area contributed by atoms with E-state index < -0.39 is 35.0 Å². The molecule has 0 aliphatic carbocycles. The van der Waals surface area contributed by atoms with Crippen LogP contribution < -0.4 is 5.32 Å². The van der Waals surface area contributed by atoms with Gasteiger partial charge in [-0.15, -0.1) is 0 Å². The van der Waals surface area contributed by atoms with Gasteiger partial charge < -0.3 is 5.32 Å². The molecule has 2 aromatic rings. The molecule has 1 amide bonds. The molecular weight excluding hydrogens is 430 g/mol. The van der Waals surface area contributed by atoms with E-state index in [9.17, 15) is 31.1 Å². The van der Waals surface area contributed by atoms with Crippen LogP contribution in [0.15, 0.2) is 35.0 Å². The van der Waals surface area contributed by atoms with Gasteiger partial charge in [-0.1, -0.05) is 0 Å². The summed E-state index contributed by atoms with van der Waals surface area (Å²) in [5.41, 5.74) is -2.41. The van der Waals surface area contributed by atoms with E-state index in [4.69, 9.17) is 0 Å². The molecule has 164 valence electrons. The summed E-state index contributed by atoms with van der Waals surface area (Å²) in [4.78, 5) is 14.5. The summed E-state index contributed by atoms with van der Waals surface area (Å²) >= 11 is 1.63. The molecule has 1 aromatic carbocycles. The van der Waals surface area contributed by atoms with Crippen molar-refractivity contribution in [2.24, 2.45) is 5.92 Å². The van der Waals surface area contributed by atoms with Gasteiger partial charge in [0.15, 0.2) is 0 Å². The number of carbonyl (C=O) groups is 1. The number of amides is 1. The van der Waals surface area contributed by atoms with Gasteiger partial charge in [0, 0.05) is 18.7 Å². The zero-order chi connectivity index (χ0) is 21.9. The molecule has 0 atom stereocenters. The molecule has 0 saturated carbocycles. The molecule has 1 saturated heterocycles. The minimum atomic E-state index is -4.98. The summed E-state index contributed by atoms with van der Waals surface area (Å²) in [5, 5.41) is 6.59. The number of thiophene rings is 1. The molecule has 0 spiro atoms. The summed E-state index contributed by atoms with van der Waals surface area (Å²) in [6.07, 6.45) is -8.38. The van der Waals surface area contributed by atoms with Crippen molar-refractivity contribution in [1.82, 2.24) is 10.2 Å². The quantitative estimate of drug-likeness (QED) is 0.617. The Balaban J connectivity index is 1.58. The third-order valence-electron chi connectivity index (χ3n) is 5.09. The van der Waals surface area contributed by atoms with Crippen molar-refractivity contribution in [3.8, 4) is 0 Å². The first kappa shape index (κ1) is 22.6. The summed E-state index contributed by atoms with van der Waals surface area (Å²) in [5.74, 6) is -0.812. The molecule has 1 aliphatic rings. The number of carbonyl (C=O) groups excluding carboxylic acids is 1. The Morgan fingerprint density at radius 3 is 2.13 bits per heavy atom. The Bertz CT molecular complexity index is 823. The normalized spacial score (nSPS) is 16.6. The molecule has 3 rings (SSSR count). The molecule has 0 radical (unpaired) electrons. The second kappa shape index (κ2) is 8.97. The van der Waals surface area contributed by atoms with Gasteiger partial charge in [-0.3, -0.25) is 9.69 Å². The van der Waals surface area contributed by atoms with Gasteiger partial charge in [0.1, 0.15) is 0 Å². The van der Waals surface area contributed by atoms with Gasteiger partial charge >= 0.3 is 12.4 Å². The van der Waals surface area contributed by atoms with Gasteiger partial charge in [0.05, 0.1) is 11.1 Å². The van der Waals surface area contributed by atoms with Gasteiger partial charge in [-0.2, -0.15) is 37.7 Å². The van der Waals surface area contributed by atoms with Crippen LogP contribution in [0, 0.1) is 5.92 Å². The van der Waals surface area contributed by atoms with Crippen molar-refractivity contribution in [2.45, 2.75) is 31.7 Å². The van der Waals surface area contributed by atoms with Crippen molar-refractivity contribution < 1.29 is 31.1 Å². The smallest absolute Gasteiger partial charge is 0.352 e. The number of hydrogen-bond donors (Lipinski definition) is 1. The lowest BCUT2D eigenvalue weighted by atomic mass is 9.96. The van der Waals surface area contributed by atoms with Crippen molar-refractivity contribution >= 4 is 17.2 Å². The Kier molecular flexibility index (Phi) is 6.76. The monoisotopic (exact) mass is 450 g/mol. The average Bonchev–Trinajstić information content (AvgIpc) is 3.18. The van der Waals surface area contributed by atoms with Crippen LogP contribution in [-0.2, 0) is 18.9 Å². The molecule has 0 unspecified atom stereocenters. The van der Waals surface area contributed by atoms with Crippen molar-refractivity contribution in [3.05, 3.63) is 57.3 Å². The maximum Gasteiger partial charge on any atom is 0.416 e. The van der Waals surface area contributed by atoms with Crippen LogP contribution >= 0.6 is 11.3 Å². The molecule has 3 nitrogen and oxygen atoms in total.